The number of morpholine rings is 1. The molecular formula is C12H18N4O2. The van der Waals surface area contributed by atoms with E-state index in [-0.39, 0.29) is 12.3 Å². The van der Waals surface area contributed by atoms with E-state index in [0.717, 1.165) is 30.0 Å². The molecule has 2 N–H and O–H groups in total. The lowest BCUT2D eigenvalue weighted by Crippen LogP contribution is -2.37. The Morgan fingerprint density at radius 1 is 1.28 bits per heavy atom. The molecule has 0 bridgehead atoms. The minimum absolute atomic E-state index is 0.195. The van der Waals surface area contributed by atoms with E-state index in [2.05, 4.69) is 14.9 Å². The maximum Gasteiger partial charge on any atom is 0.225 e. The van der Waals surface area contributed by atoms with Crippen molar-refractivity contribution >= 4 is 11.9 Å². The van der Waals surface area contributed by atoms with Gasteiger partial charge in [-0.05, 0) is 13.8 Å². The maximum atomic E-state index is 11.0. The summed E-state index contributed by atoms with van der Waals surface area (Å²) in [6.45, 7) is 6.77. The molecule has 0 spiro atoms. The molecule has 6 nitrogen and oxygen atoms in total. The highest BCUT2D eigenvalue weighted by Gasteiger charge is 2.17. The molecule has 1 saturated heterocycles. The normalized spacial score (nSPS) is 15.8. The first-order valence-corrected chi connectivity index (χ1v) is 6.03. The van der Waals surface area contributed by atoms with Crippen LogP contribution in [-0.2, 0) is 16.0 Å². The largest absolute Gasteiger partial charge is 0.378 e. The van der Waals surface area contributed by atoms with Gasteiger partial charge in [-0.2, -0.15) is 0 Å². The van der Waals surface area contributed by atoms with Gasteiger partial charge in [-0.15, -0.1) is 0 Å². The molecule has 1 aromatic rings. The molecule has 0 radical (unpaired) electrons. The maximum absolute atomic E-state index is 11.0. The Kier molecular flexibility index (Phi) is 3.76. The van der Waals surface area contributed by atoms with Gasteiger partial charge in [0, 0.05) is 30.0 Å². The number of anilines is 1. The highest BCUT2D eigenvalue weighted by molar-refractivity contribution is 5.77. The first-order valence-electron chi connectivity index (χ1n) is 6.03. The van der Waals surface area contributed by atoms with Crippen LogP contribution < -0.4 is 10.6 Å². The molecule has 1 amide bonds. The highest BCUT2D eigenvalue weighted by Crippen LogP contribution is 2.16. The smallest absolute Gasteiger partial charge is 0.225 e. The first kappa shape index (κ1) is 12.8. The van der Waals surface area contributed by atoms with Crippen molar-refractivity contribution in [2.24, 2.45) is 5.73 Å². The molecule has 98 valence electrons. The van der Waals surface area contributed by atoms with Crippen molar-refractivity contribution in [2.75, 3.05) is 31.2 Å². The van der Waals surface area contributed by atoms with Crippen LogP contribution in [0, 0.1) is 13.8 Å². The number of hydrogen-bond donors (Lipinski definition) is 1. The van der Waals surface area contributed by atoms with Gasteiger partial charge in [0.1, 0.15) is 0 Å². The molecule has 1 fully saturated rings. The average Bonchev–Trinajstić information content (AvgIpc) is 2.34. The standard InChI is InChI=1S/C12H18N4O2/c1-8-10(7-11(13)17)9(2)15-12(14-8)16-3-5-18-6-4-16/h3-7H2,1-2H3,(H2,13,17). The zero-order valence-corrected chi connectivity index (χ0v) is 10.8. The van der Waals surface area contributed by atoms with E-state index in [1.54, 1.807) is 0 Å². The summed E-state index contributed by atoms with van der Waals surface area (Å²) in [7, 11) is 0. The van der Waals surface area contributed by atoms with Crippen LogP contribution in [-0.4, -0.2) is 42.2 Å². The summed E-state index contributed by atoms with van der Waals surface area (Å²) in [6, 6.07) is 0. The Hall–Kier alpha value is -1.69. The van der Waals surface area contributed by atoms with Gasteiger partial charge in [-0.1, -0.05) is 0 Å². The number of nitrogens with two attached hydrogens (primary N) is 1. The molecule has 0 atom stereocenters. The number of amides is 1. The third kappa shape index (κ3) is 2.76. The fourth-order valence-corrected chi connectivity index (χ4v) is 2.06. The summed E-state index contributed by atoms with van der Waals surface area (Å²) >= 11 is 0. The van der Waals surface area contributed by atoms with E-state index >= 15 is 0 Å². The third-order valence-electron chi connectivity index (χ3n) is 3.05. The number of hydrogen-bond acceptors (Lipinski definition) is 5. The van der Waals surface area contributed by atoms with Crippen LogP contribution in [0.2, 0.25) is 0 Å². The summed E-state index contributed by atoms with van der Waals surface area (Å²) < 4.78 is 5.30. The van der Waals surface area contributed by atoms with Gasteiger partial charge in [0.05, 0.1) is 19.6 Å². The monoisotopic (exact) mass is 250 g/mol. The number of ether oxygens (including phenoxy) is 1. The van der Waals surface area contributed by atoms with Gasteiger partial charge in [-0.3, -0.25) is 4.79 Å². The summed E-state index contributed by atoms with van der Waals surface area (Å²) in [5.74, 6) is 0.352. The molecular weight excluding hydrogens is 232 g/mol. The van der Waals surface area contributed by atoms with Crippen LogP contribution in [0.1, 0.15) is 17.0 Å². The van der Waals surface area contributed by atoms with Crippen molar-refractivity contribution in [3.05, 3.63) is 17.0 Å². The molecule has 2 heterocycles. The van der Waals surface area contributed by atoms with Crippen LogP contribution in [0.3, 0.4) is 0 Å². The Balaban J connectivity index is 2.26. The quantitative estimate of drug-likeness (QED) is 0.814. The zero-order chi connectivity index (χ0) is 13.1. The molecule has 0 unspecified atom stereocenters. The number of aromatic nitrogens is 2. The Morgan fingerprint density at radius 2 is 1.83 bits per heavy atom. The number of nitrogens with zero attached hydrogens (tertiary/aromatic N) is 3. The summed E-state index contributed by atoms with van der Waals surface area (Å²) in [4.78, 5) is 22.0. The Bertz CT molecular complexity index is 432. The molecule has 1 aliphatic rings. The van der Waals surface area contributed by atoms with Gasteiger partial charge in [0.2, 0.25) is 11.9 Å². The number of rotatable bonds is 3. The summed E-state index contributed by atoms with van der Waals surface area (Å²) in [5, 5.41) is 0. The van der Waals surface area contributed by atoms with E-state index in [0.29, 0.717) is 19.2 Å². The first-order chi connectivity index (χ1) is 8.58. The lowest BCUT2D eigenvalue weighted by atomic mass is 10.1. The second-order valence-electron chi connectivity index (χ2n) is 4.42. The van der Waals surface area contributed by atoms with Gasteiger partial charge < -0.3 is 15.4 Å². The predicted molar refractivity (Wildman–Crippen MR) is 67.4 cm³/mol. The second-order valence-corrected chi connectivity index (χ2v) is 4.42. The minimum Gasteiger partial charge on any atom is -0.378 e. The number of primary amides is 1. The topological polar surface area (TPSA) is 81.3 Å². The van der Waals surface area contributed by atoms with Crippen LogP contribution in [0.15, 0.2) is 0 Å². The van der Waals surface area contributed by atoms with Crippen molar-refractivity contribution in [3.63, 3.8) is 0 Å². The molecule has 6 heteroatoms. The van der Waals surface area contributed by atoms with Crippen LogP contribution in [0.5, 0.6) is 0 Å². The minimum atomic E-state index is -0.357. The van der Waals surface area contributed by atoms with Crippen LogP contribution in [0.25, 0.3) is 0 Å². The van der Waals surface area contributed by atoms with E-state index in [9.17, 15) is 4.79 Å². The third-order valence-corrected chi connectivity index (χ3v) is 3.05. The molecule has 0 saturated carbocycles. The van der Waals surface area contributed by atoms with Crippen molar-refractivity contribution in [1.82, 2.24) is 9.97 Å². The summed E-state index contributed by atoms with van der Waals surface area (Å²) in [5.41, 5.74) is 7.70. The number of aryl methyl sites for hydroxylation is 2. The lowest BCUT2D eigenvalue weighted by molar-refractivity contribution is -0.117. The van der Waals surface area contributed by atoms with Gasteiger partial charge in [-0.25, -0.2) is 9.97 Å². The second kappa shape index (κ2) is 5.30. The molecule has 18 heavy (non-hydrogen) atoms. The molecule has 2 rings (SSSR count). The van der Waals surface area contributed by atoms with E-state index < -0.39 is 0 Å². The molecule has 0 aliphatic carbocycles. The van der Waals surface area contributed by atoms with E-state index in [1.807, 2.05) is 13.8 Å². The Morgan fingerprint density at radius 3 is 2.33 bits per heavy atom. The lowest BCUT2D eigenvalue weighted by Gasteiger charge is -2.27. The Labute approximate surface area is 106 Å². The fourth-order valence-electron chi connectivity index (χ4n) is 2.06. The van der Waals surface area contributed by atoms with E-state index in [4.69, 9.17) is 10.5 Å². The van der Waals surface area contributed by atoms with Crippen molar-refractivity contribution in [2.45, 2.75) is 20.3 Å². The van der Waals surface area contributed by atoms with Crippen LogP contribution >= 0.6 is 0 Å². The molecule has 0 aromatic carbocycles. The highest BCUT2D eigenvalue weighted by atomic mass is 16.5. The predicted octanol–water partition coefficient (Wildman–Crippen LogP) is -0.0422. The van der Waals surface area contributed by atoms with Crippen molar-refractivity contribution in [3.8, 4) is 0 Å². The van der Waals surface area contributed by atoms with Crippen molar-refractivity contribution in [1.29, 1.82) is 0 Å². The van der Waals surface area contributed by atoms with Gasteiger partial charge in [0.25, 0.3) is 0 Å². The van der Waals surface area contributed by atoms with Crippen LogP contribution in [0.4, 0.5) is 5.95 Å². The van der Waals surface area contributed by atoms with Gasteiger partial charge in [0.15, 0.2) is 0 Å². The summed E-state index contributed by atoms with van der Waals surface area (Å²) in [6.07, 6.45) is 0.195. The molecule has 1 aromatic heterocycles. The molecule has 1 aliphatic heterocycles. The average molecular weight is 250 g/mol. The fraction of sp³-hybridized carbons (Fsp3) is 0.583. The number of carbonyl (C=O) groups excluding carboxylic acids is 1. The van der Waals surface area contributed by atoms with Crippen molar-refractivity contribution < 1.29 is 9.53 Å². The SMILES string of the molecule is Cc1nc(N2CCOCC2)nc(C)c1CC(N)=O. The van der Waals surface area contributed by atoms with E-state index in [1.165, 1.54) is 0 Å². The zero-order valence-electron chi connectivity index (χ0n) is 10.8. The van der Waals surface area contributed by atoms with Gasteiger partial charge >= 0.3 is 0 Å². The number of carbonyl (C=O) groups is 1.